The van der Waals surface area contributed by atoms with E-state index in [0.29, 0.717) is 18.7 Å². The van der Waals surface area contributed by atoms with E-state index in [1.807, 2.05) is 37.8 Å². The van der Waals surface area contributed by atoms with Crippen LogP contribution in [0.3, 0.4) is 0 Å². The molecule has 1 saturated heterocycles. The molecule has 0 radical (unpaired) electrons. The van der Waals surface area contributed by atoms with Crippen LogP contribution >= 0.6 is 0 Å². The third-order valence-electron chi connectivity index (χ3n) is 5.34. The summed E-state index contributed by atoms with van der Waals surface area (Å²) in [4.78, 5) is 27.2. The first-order valence-corrected chi connectivity index (χ1v) is 9.45. The lowest BCUT2D eigenvalue weighted by atomic mass is 9.96. The smallest absolute Gasteiger partial charge is 0.345 e. The van der Waals surface area contributed by atoms with Crippen molar-refractivity contribution in [3.63, 3.8) is 0 Å². The number of aromatic nitrogens is 3. The fourth-order valence-corrected chi connectivity index (χ4v) is 4.07. The van der Waals surface area contributed by atoms with E-state index in [1.54, 1.807) is 18.7 Å². The number of likely N-dealkylation sites (tertiary alicyclic amines) is 1. The number of carbonyl (C=O) groups is 1. The molecule has 1 aromatic carbocycles. The first-order chi connectivity index (χ1) is 12.9. The zero-order chi connectivity index (χ0) is 19.7. The molecule has 7 nitrogen and oxygen atoms in total. The fraction of sp³-hybridized carbons (Fsp3) is 0.550. The molecule has 1 atom stereocenters. The Balaban J connectivity index is 1.85. The number of piperidine rings is 1. The van der Waals surface area contributed by atoms with E-state index in [4.69, 9.17) is 4.74 Å². The van der Waals surface area contributed by atoms with Crippen LogP contribution in [0.5, 0.6) is 5.75 Å². The minimum atomic E-state index is -0.0997. The Bertz CT molecular complexity index is 889. The van der Waals surface area contributed by atoms with Crippen LogP contribution in [0, 0.1) is 13.8 Å². The van der Waals surface area contributed by atoms with Gasteiger partial charge >= 0.3 is 5.69 Å². The SMILES string of the molecule is CCn1c([C@H]2CCCN(C(=O)c3cc(C)c(OC)c(C)c3)C2)nn(C)c1=O. The number of nitrogens with zero attached hydrogens (tertiary/aromatic N) is 4. The summed E-state index contributed by atoms with van der Waals surface area (Å²) >= 11 is 0. The second-order valence-corrected chi connectivity index (χ2v) is 7.24. The molecule has 2 aromatic rings. The molecule has 0 N–H and O–H groups in total. The number of benzene rings is 1. The van der Waals surface area contributed by atoms with Gasteiger partial charge in [0, 0.05) is 38.2 Å². The van der Waals surface area contributed by atoms with Gasteiger partial charge in [0.15, 0.2) is 0 Å². The van der Waals surface area contributed by atoms with Crippen LogP contribution in [0.4, 0.5) is 0 Å². The molecule has 0 aliphatic carbocycles. The molecule has 7 heteroatoms. The fourth-order valence-electron chi connectivity index (χ4n) is 4.07. The third-order valence-corrected chi connectivity index (χ3v) is 5.34. The molecular weight excluding hydrogens is 344 g/mol. The molecule has 146 valence electrons. The van der Waals surface area contributed by atoms with Gasteiger partial charge in [0.2, 0.25) is 0 Å². The molecule has 0 unspecified atom stereocenters. The molecule has 0 saturated carbocycles. The maximum absolute atomic E-state index is 13.1. The number of aryl methyl sites for hydroxylation is 3. The van der Waals surface area contributed by atoms with Crippen molar-refractivity contribution in [1.29, 1.82) is 0 Å². The molecular formula is C20H28N4O3. The van der Waals surface area contributed by atoms with Crippen molar-refractivity contribution >= 4 is 5.91 Å². The van der Waals surface area contributed by atoms with Gasteiger partial charge in [-0.2, -0.15) is 5.10 Å². The first-order valence-electron chi connectivity index (χ1n) is 9.45. The first kappa shape index (κ1) is 19.2. The normalized spacial score (nSPS) is 17.2. The highest BCUT2D eigenvalue weighted by molar-refractivity contribution is 5.95. The van der Waals surface area contributed by atoms with Gasteiger partial charge in [0.1, 0.15) is 11.6 Å². The predicted octanol–water partition coefficient (Wildman–Crippen LogP) is 2.25. The Kier molecular flexibility index (Phi) is 5.39. The van der Waals surface area contributed by atoms with E-state index < -0.39 is 0 Å². The molecule has 27 heavy (non-hydrogen) atoms. The van der Waals surface area contributed by atoms with Crippen molar-refractivity contribution in [2.75, 3.05) is 20.2 Å². The van der Waals surface area contributed by atoms with Crippen LogP contribution in [0.25, 0.3) is 0 Å². The summed E-state index contributed by atoms with van der Waals surface area (Å²) in [7, 11) is 3.32. The van der Waals surface area contributed by atoms with Crippen molar-refractivity contribution in [2.24, 2.45) is 7.05 Å². The highest BCUT2D eigenvalue weighted by Crippen LogP contribution is 2.28. The molecule has 0 spiro atoms. The molecule has 1 fully saturated rings. The summed E-state index contributed by atoms with van der Waals surface area (Å²) in [5, 5.41) is 4.43. The number of ether oxygens (including phenoxy) is 1. The van der Waals surface area contributed by atoms with Gasteiger partial charge in [-0.1, -0.05) is 0 Å². The summed E-state index contributed by atoms with van der Waals surface area (Å²) < 4.78 is 8.50. The van der Waals surface area contributed by atoms with Crippen LogP contribution < -0.4 is 10.4 Å². The Morgan fingerprint density at radius 2 is 1.96 bits per heavy atom. The van der Waals surface area contributed by atoms with Crippen LogP contribution in [0.1, 0.15) is 53.0 Å². The molecule has 1 aromatic heterocycles. The summed E-state index contributed by atoms with van der Waals surface area (Å²) in [5.41, 5.74) is 2.50. The summed E-state index contributed by atoms with van der Waals surface area (Å²) in [6.45, 7) is 7.75. The number of methoxy groups -OCH3 is 1. The quantitative estimate of drug-likeness (QED) is 0.825. The van der Waals surface area contributed by atoms with E-state index in [9.17, 15) is 9.59 Å². The average Bonchev–Trinajstić information content (AvgIpc) is 2.95. The van der Waals surface area contributed by atoms with Crippen LogP contribution in [-0.4, -0.2) is 45.4 Å². The van der Waals surface area contributed by atoms with E-state index in [0.717, 1.165) is 42.1 Å². The van der Waals surface area contributed by atoms with Crippen molar-refractivity contribution in [3.05, 3.63) is 45.1 Å². The highest BCUT2D eigenvalue weighted by Gasteiger charge is 2.29. The van der Waals surface area contributed by atoms with E-state index in [-0.39, 0.29) is 17.5 Å². The lowest BCUT2D eigenvalue weighted by Gasteiger charge is -2.32. The maximum Gasteiger partial charge on any atom is 0.345 e. The van der Waals surface area contributed by atoms with Gasteiger partial charge < -0.3 is 9.64 Å². The Morgan fingerprint density at radius 1 is 1.30 bits per heavy atom. The summed E-state index contributed by atoms with van der Waals surface area (Å²) in [5.74, 6) is 1.71. The largest absolute Gasteiger partial charge is 0.496 e. The molecule has 1 aliphatic rings. The maximum atomic E-state index is 13.1. The van der Waals surface area contributed by atoms with Gasteiger partial charge in [-0.3, -0.25) is 9.36 Å². The number of rotatable bonds is 4. The van der Waals surface area contributed by atoms with Gasteiger partial charge in [-0.05, 0) is 56.9 Å². The summed E-state index contributed by atoms with van der Waals surface area (Å²) in [6, 6.07) is 3.78. The molecule has 1 aliphatic heterocycles. The minimum absolute atomic E-state index is 0.0230. The van der Waals surface area contributed by atoms with E-state index in [1.165, 1.54) is 4.68 Å². The van der Waals surface area contributed by atoms with Gasteiger partial charge in [-0.15, -0.1) is 0 Å². The van der Waals surface area contributed by atoms with E-state index in [2.05, 4.69) is 5.10 Å². The van der Waals surface area contributed by atoms with E-state index >= 15 is 0 Å². The van der Waals surface area contributed by atoms with Gasteiger partial charge in [0.05, 0.1) is 7.11 Å². The van der Waals surface area contributed by atoms with Crippen molar-refractivity contribution < 1.29 is 9.53 Å². The third kappa shape index (κ3) is 3.50. The van der Waals surface area contributed by atoms with Gasteiger partial charge in [0.25, 0.3) is 5.91 Å². The number of hydrogen-bond acceptors (Lipinski definition) is 4. The lowest BCUT2D eigenvalue weighted by Crippen LogP contribution is -2.40. The predicted molar refractivity (Wildman–Crippen MR) is 103 cm³/mol. The van der Waals surface area contributed by atoms with Crippen LogP contribution in [-0.2, 0) is 13.6 Å². The van der Waals surface area contributed by atoms with Crippen LogP contribution in [0.2, 0.25) is 0 Å². The Morgan fingerprint density at radius 3 is 2.56 bits per heavy atom. The highest BCUT2D eigenvalue weighted by atomic mass is 16.5. The second kappa shape index (κ2) is 7.58. The number of amides is 1. The zero-order valence-corrected chi connectivity index (χ0v) is 16.8. The molecule has 3 rings (SSSR count). The Hall–Kier alpha value is -2.57. The minimum Gasteiger partial charge on any atom is -0.496 e. The number of hydrogen-bond donors (Lipinski definition) is 0. The monoisotopic (exact) mass is 372 g/mol. The lowest BCUT2D eigenvalue weighted by molar-refractivity contribution is 0.0703. The summed E-state index contributed by atoms with van der Waals surface area (Å²) in [6.07, 6.45) is 1.83. The Labute approximate surface area is 159 Å². The molecule has 2 heterocycles. The molecule has 0 bridgehead atoms. The van der Waals surface area contributed by atoms with Crippen molar-refractivity contribution in [1.82, 2.24) is 19.2 Å². The molecule has 1 amide bonds. The second-order valence-electron chi connectivity index (χ2n) is 7.24. The van der Waals surface area contributed by atoms with Crippen molar-refractivity contribution in [3.8, 4) is 5.75 Å². The van der Waals surface area contributed by atoms with Crippen molar-refractivity contribution in [2.45, 2.75) is 46.1 Å². The van der Waals surface area contributed by atoms with Gasteiger partial charge in [-0.25, -0.2) is 9.48 Å². The number of carbonyl (C=O) groups excluding carboxylic acids is 1. The zero-order valence-electron chi connectivity index (χ0n) is 16.8. The van der Waals surface area contributed by atoms with Crippen LogP contribution in [0.15, 0.2) is 16.9 Å². The average molecular weight is 372 g/mol. The standard InChI is InChI=1S/C20H28N4O3/c1-6-24-18(21-22(4)20(24)26)15-8-7-9-23(12-15)19(25)16-10-13(2)17(27-5)14(3)11-16/h10-11,15H,6-9,12H2,1-5H3/t15-/m0/s1. The topological polar surface area (TPSA) is 69.4 Å².